The van der Waals surface area contributed by atoms with Gasteiger partial charge in [0.25, 0.3) is 0 Å². The van der Waals surface area contributed by atoms with E-state index in [0.717, 1.165) is 5.01 Å². The number of thiazole rings is 1. The molecule has 4 aromatic rings. The van der Waals surface area contributed by atoms with E-state index in [4.69, 9.17) is 0 Å². The molecule has 0 aliphatic carbocycles. The molecule has 7 heteroatoms. The lowest BCUT2D eigenvalue weighted by atomic mass is 10.2. The number of nitrogens with zero attached hydrogens (tertiary/aromatic N) is 5. The van der Waals surface area contributed by atoms with Crippen LogP contribution < -0.4 is 0 Å². The second kappa shape index (κ2) is 6.29. The Hall–Kier alpha value is -2.93. The van der Waals surface area contributed by atoms with Crippen molar-refractivity contribution in [3.05, 3.63) is 71.6 Å². The summed E-state index contributed by atoms with van der Waals surface area (Å²) in [5, 5.41) is 7.13. The molecular formula is C17H12FN5S. The predicted octanol–water partition coefficient (Wildman–Crippen LogP) is 3.65. The summed E-state index contributed by atoms with van der Waals surface area (Å²) < 4.78 is 15.7. The van der Waals surface area contributed by atoms with Crippen LogP contribution in [0.25, 0.3) is 22.4 Å². The second-order valence-electron chi connectivity index (χ2n) is 5.06. The third-order valence-corrected chi connectivity index (χ3v) is 4.24. The van der Waals surface area contributed by atoms with Crippen LogP contribution in [0.5, 0.6) is 0 Å². The van der Waals surface area contributed by atoms with E-state index < -0.39 is 0 Å². The van der Waals surface area contributed by atoms with Crippen LogP contribution in [-0.4, -0.2) is 24.7 Å². The maximum atomic E-state index is 14.0. The maximum absolute atomic E-state index is 14.0. The standard InChI is InChI=1S/C17H12FN5S/c18-13-6-2-1-5-12(13)11-23-16(17-20-9-10-24-17)21-15(22-23)14-7-3-4-8-19-14/h1-10H,11H2. The van der Waals surface area contributed by atoms with Gasteiger partial charge in [-0.25, -0.2) is 19.0 Å². The molecule has 3 heterocycles. The van der Waals surface area contributed by atoms with E-state index >= 15 is 0 Å². The first-order valence-electron chi connectivity index (χ1n) is 7.31. The Balaban J connectivity index is 1.80. The van der Waals surface area contributed by atoms with Crippen LogP contribution in [0.1, 0.15) is 5.56 Å². The van der Waals surface area contributed by atoms with Gasteiger partial charge in [-0.2, -0.15) is 0 Å². The van der Waals surface area contributed by atoms with Crippen molar-refractivity contribution in [2.24, 2.45) is 0 Å². The van der Waals surface area contributed by atoms with Crippen LogP contribution in [0.4, 0.5) is 4.39 Å². The largest absolute Gasteiger partial charge is 0.253 e. The van der Waals surface area contributed by atoms with Crippen LogP contribution >= 0.6 is 11.3 Å². The van der Waals surface area contributed by atoms with Crippen molar-refractivity contribution in [3.63, 3.8) is 0 Å². The summed E-state index contributed by atoms with van der Waals surface area (Å²) in [6, 6.07) is 12.2. The Kier molecular flexibility index (Phi) is 3.84. The molecule has 0 saturated heterocycles. The molecule has 24 heavy (non-hydrogen) atoms. The zero-order valence-corrected chi connectivity index (χ0v) is 13.3. The molecule has 0 atom stereocenters. The normalized spacial score (nSPS) is 10.9. The van der Waals surface area contributed by atoms with Crippen LogP contribution in [-0.2, 0) is 6.54 Å². The number of hydrogen-bond acceptors (Lipinski definition) is 5. The van der Waals surface area contributed by atoms with Gasteiger partial charge in [0, 0.05) is 23.3 Å². The number of hydrogen-bond donors (Lipinski definition) is 0. The average molecular weight is 337 g/mol. The highest BCUT2D eigenvalue weighted by Gasteiger charge is 2.17. The third-order valence-electron chi connectivity index (χ3n) is 3.47. The van der Waals surface area contributed by atoms with Gasteiger partial charge in [0.05, 0.1) is 6.54 Å². The molecule has 0 fully saturated rings. The minimum atomic E-state index is -0.266. The van der Waals surface area contributed by atoms with E-state index in [0.29, 0.717) is 22.9 Å². The van der Waals surface area contributed by atoms with Crippen molar-refractivity contribution in [2.45, 2.75) is 6.54 Å². The van der Waals surface area contributed by atoms with Crippen LogP contribution in [0.3, 0.4) is 0 Å². The van der Waals surface area contributed by atoms with Gasteiger partial charge in [-0.15, -0.1) is 16.4 Å². The summed E-state index contributed by atoms with van der Waals surface area (Å²) >= 11 is 1.46. The zero-order valence-electron chi connectivity index (χ0n) is 12.5. The molecule has 3 aromatic heterocycles. The summed E-state index contributed by atoms with van der Waals surface area (Å²) in [4.78, 5) is 13.1. The summed E-state index contributed by atoms with van der Waals surface area (Å²) in [6.45, 7) is 0.279. The van der Waals surface area contributed by atoms with E-state index in [2.05, 4.69) is 20.1 Å². The Labute approximate surface area is 141 Å². The molecule has 0 N–H and O–H groups in total. The van der Waals surface area contributed by atoms with Crippen molar-refractivity contribution in [2.75, 3.05) is 0 Å². The number of halogens is 1. The molecule has 0 aliphatic rings. The first-order chi connectivity index (χ1) is 11.8. The predicted molar refractivity (Wildman–Crippen MR) is 89.9 cm³/mol. The maximum Gasteiger partial charge on any atom is 0.200 e. The number of rotatable bonds is 4. The smallest absolute Gasteiger partial charge is 0.200 e. The molecule has 0 radical (unpaired) electrons. The second-order valence-corrected chi connectivity index (χ2v) is 5.95. The van der Waals surface area contributed by atoms with Crippen molar-refractivity contribution in [3.8, 4) is 22.4 Å². The van der Waals surface area contributed by atoms with E-state index in [1.807, 2.05) is 23.6 Å². The highest BCUT2D eigenvalue weighted by Crippen LogP contribution is 2.24. The van der Waals surface area contributed by atoms with Gasteiger partial charge < -0.3 is 0 Å². The fraction of sp³-hybridized carbons (Fsp3) is 0.0588. The highest BCUT2D eigenvalue weighted by atomic mass is 32.1. The van der Waals surface area contributed by atoms with E-state index in [1.165, 1.54) is 17.4 Å². The average Bonchev–Trinajstić information content (AvgIpc) is 3.27. The summed E-state index contributed by atoms with van der Waals surface area (Å²) in [5.41, 5.74) is 1.22. The SMILES string of the molecule is Fc1ccccc1Cn1nc(-c2ccccn2)nc1-c1nccs1. The molecule has 5 nitrogen and oxygen atoms in total. The Morgan fingerprint density at radius 1 is 1.00 bits per heavy atom. The van der Waals surface area contributed by atoms with Crippen molar-refractivity contribution < 1.29 is 4.39 Å². The third kappa shape index (κ3) is 2.81. The number of pyridine rings is 1. The quantitative estimate of drug-likeness (QED) is 0.570. The van der Waals surface area contributed by atoms with Crippen molar-refractivity contribution >= 4 is 11.3 Å². The number of benzene rings is 1. The lowest BCUT2D eigenvalue weighted by molar-refractivity contribution is 0.587. The van der Waals surface area contributed by atoms with Crippen molar-refractivity contribution in [1.29, 1.82) is 0 Å². The molecular weight excluding hydrogens is 325 g/mol. The van der Waals surface area contributed by atoms with Gasteiger partial charge in [-0.05, 0) is 18.2 Å². The molecule has 118 valence electrons. The van der Waals surface area contributed by atoms with Gasteiger partial charge in [-0.3, -0.25) is 4.98 Å². The summed E-state index contributed by atoms with van der Waals surface area (Å²) in [7, 11) is 0. The first kappa shape index (κ1) is 14.6. The fourth-order valence-corrected chi connectivity index (χ4v) is 2.96. The lowest BCUT2D eigenvalue weighted by Gasteiger charge is -2.05. The summed E-state index contributed by atoms with van der Waals surface area (Å²) in [5.74, 6) is 0.837. The van der Waals surface area contributed by atoms with Gasteiger partial charge >= 0.3 is 0 Å². The van der Waals surface area contributed by atoms with Crippen molar-refractivity contribution in [1.82, 2.24) is 24.7 Å². The molecule has 0 aliphatic heterocycles. The molecule has 0 unspecified atom stereocenters. The molecule has 0 spiro atoms. The van der Waals surface area contributed by atoms with Crippen LogP contribution in [0.2, 0.25) is 0 Å². The fourth-order valence-electron chi connectivity index (χ4n) is 2.34. The topological polar surface area (TPSA) is 56.5 Å². The van der Waals surface area contributed by atoms with E-state index in [-0.39, 0.29) is 12.4 Å². The molecule has 1 aromatic carbocycles. The zero-order chi connectivity index (χ0) is 16.4. The monoisotopic (exact) mass is 337 g/mol. The Morgan fingerprint density at radius 3 is 2.62 bits per heavy atom. The van der Waals surface area contributed by atoms with Crippen LogP contribution in [0, 0.1) is 5.82 Å². The molecule has 4 rings (SSSR count). The molecule has 0 saturated carbocycles. The van der Waals surface area contributed by atoms with Gasteiger partial charge in [0.1, 0.15) is 11.5 Å². The minimum absolute atomic E-state index is 0.266. The van der Waals surface area contributed by atoms with Gasteiger partial charge in [0.2, 0.25) is 0 Å². The van der Waals surface area contributed by atoms with Crippen LogP contribution in [0.15, 0.2) is 60.2 Å². The number of aromatic nitrogens is 5. The van der Waals surface area contributed by atoms with Gasteiger partial charge in [-0.1, -0.05) is 24.3 Å². The Morgan fingerprint density at radius 2 is 1.88 bits per heavy atom. The lowest BCUT2D eigenvalue weighted by Crippen LogP contribution is -2.06. The van der Waals surface area contributed by atoms with Gasteiger partial charge in [0.15, 0.2) is 16.7 Å². The summed E-state index contributed by atoms with van der Waals surface area (Å²) in [6.07, 6.45) is 3.40. The highest BCUT2D eigenvalue weighted by molar-refractivity contribution is 7.13. The molecule has 0 amide bonds. The first-order valence-corrected chi connectivity index (χ1v) is 8.19. The Bertz CT molecular complexity index is 950. The van der Waals surface area contributed by atoms with E-state index in [1.54, 1.807) is 35.3 Å². The minimum Gasteiger partial charge on any atom is -0.253 e. The van der Waals surface area contributed by atoms with E-state index in [9.17, 15) is 4.39 Å². The molecule has 0 bridgehead atoms.